The molecule has 0 radical (unpaired) electrons. The van der Waals surface area contributed by atoms with Gasteiger partial charge in [0.15, 0.2) is 0 Å². The van der Waals surface area contributed by atoms with E-state index in [9.17, 15) is 4.79 Å². The topological polar surface area (TPSA) is 26.3 Å². The molecule has 0 bridgehead atoms. The molecule has 0 aliphatic rings. The standard InChI is InChI=1S/C13H28O2P2/c1-6-8-10(9-7-2)12(3,4)15-11(14)13(5,16)17/h10H,6-9,16-17H2,1-5H3. The fraction of sp³-hybridized carbons (Fsp3) is 0.923. The van der Waals surface area contributed by atoms with Crippen LogP contribution in [0.5, 0.6) is 0 Å². The van der Waals surface area contributed by atoms with Crippen molar-refractivity contribution in [2.24, 2.45) is 5.92 Å². The Balaban J connectivity index is 4.66. The molecule has 0 aliphatic carbocycles. The first-order valence-corrected chi connectivity index (χ1v) is 7.61. The minimum Gasteiger partial charge on any atom is -0.458 e. The van der Waals surface area contributed by atoms with E-state index in [1.165, 1.54) is 0 Å². The van der Waals surface area contributed by atoms with E-state index in [0.29, 0.717) is 5.92 Å². The lowest BCUT2D eigenvalue weighted by Gasteiger charge is -2.36. The maximum atomic E-state index is 11.9. The van der Waals surface area contributed by atoms with Crippen LogP contribution in [0, 0.1) is 5.92 Å². The Bertz CT molecular complexity index is 238. The highest BCUT2D eigenvalue weighted by atomic mass is 31.1. The summed E-state index contributed by atoms with van der Waals surface area (Å²) in [5.41, 5.74) is -0.377. The minimum absolute atomic E-state index is 0.172. The first kappa shape index (κ1) is 17.3. The van der Waals surface area contributed by atoms with Crippen LogP contribution in [0.25, 0.3) is 0 Å². The zero-order chi connectivity index (χ0) is 13.7. The molecule has 0 saturated carbocycles. The summed E-state index contributed by atoms with van der Waals surface area (Å²) in [6.45, 7) is 10.2. The summed E-state index contributed by atoms with van der Waals surface area (Å²) in [5, 5.41) is 0. The maximum absolute atomic E-state index is 11.9. The molecule has 4 heteroatoms. The number of hydrogen-bond acceptors (Lipinski definition) is 2. The molecule has 0 fully saturated rings. The van der Waals surface area contributed by atoms with Gasteiger partial charge < -0.3 is 4.74 Å². The van der Waals surface area contributed by atoms with Gasteiger partial charge in [0.05, 0.1) is 4.90 Å². The lowest BCUT2D eigenvalue weighted by molar-refractivity contribution is -0.162. The molecule has 0 aliphatic heterocycles. The van der Waals surface area contributed by atoms with E-state index >= 15 is 0 Å². The molecule has 2 atom stereocenters. The predicted molar refractivity (Wildman–Crippen MR) is 81.3 cm³/mol. The van der Waals surface area contributed by atoms with Crippen molar-refractivity contribution in [3.05, 3.63) is 0 Å². The van der Waals surface area contributed by atoms with Crippen LogP contribution >= 0.6 is 18.5 Å². The van der Waals surface area contributed by atoms with Crippen LogP contribution in [-0.2, 0) is 9.53 Å². The Morgan fingerprint density at radius 1 is 1.12 bits per heavy atom. The second-order valence-electron chi connectivity index (χ2n) is 5.55. The normalized spacial score (nSPS) is 12.9. The third kappa shape index (κ3) is 6.16. The van der Waals surface area contributed by atoms with Gasteiger partial charge >= 0.3 is 5.97 Å². The van der Waals surface area contributed by atoms with Crippen molar-refractivity contribution in [3.63, 3.8) is 0 Å². The molecule has 0 rings (SSSR count). The van der Waals surface area contributed by atoms with E-state index in [0.717, 1.165) is 25.7 Å². The van der Waals surface area contributed by atoms with Gasteiger partial charge in [-0.1, -0.05) is 26.7 Å². The summed E-state index contributed by atoms with van der Waals surface area (Å²) in [4.78, 5) is 11.3. The molecule has 0 aromatic carbocycles. The fourth-order valence-corrected chi connectivity index (χ4v) is 2.09. The maximum Gasteiger partial charge on any atom is 0.319 e. The number of carbonyl (C=O) groups excluding carboxylic acids is 1. The van der Waals surface area contributed by atoms with Gasteiger partial charge in [0.2, 0.25) is 0 Å². The van der Waals surface area contributed by atoms with Gasteiger partial charge in [-0.3, -0.25) is 4.79 Å². The lowest BCUT2D eigenvalue weighted by atomic mass is 9.83. The Morgan fingerprint density at radius 3 is 1.82 bits per heavy atom. The summed E-state index contributed by atoms with van der Waals surface area (Å²) >= 11 is 0. The van der Waals surface area contributed by atoms with Crippen molar-refractivity contribution < 1.29 is 9.53 Å². The number of carbonyl (C=O) groups is 1. The molecule has 0 amide bonds. The van der Waals surface area contributed by atoms with Gasteiger partial charge in [-0.2, -0.15) is 0 Å². The molecule has 0 saturated heterocycles. The summed E-state index contributed by atoms with van der Waals surface area (Å²) in [7, 11) is 5.02. The first-order valence-electron chi connectivity index (χ1n) is 6.46. The van der Waals surface area contributed by atoms with Gasteiger partial charge in [0.25, 0.3) is 0 Å². The highest BCUT2D eigenvalue weighted by Crippen LogP contribution is 2.34. The molecule has 2 nitrogen and oxygen atoms in total. The average molecular weight is 278 g/mol. The van der Waals surface area contributed by atoms with Crippen molar-refractivity contribution in [2.45, 2.75) is 70.8 Å². The smallest absolute Gasteiger partial charge is 0.319 e. The second-order valence-corrected chi connectivity index (χ2v) is 8.62. The summed E-state index contributed by atoms with van der Waals surface area (Å²) in [5.74, 6) is 0.272. The fourth-order valence-electron chi connectivity index (χ4n) is 1.97. The molecule has 0 heterocycles. The van der Waals surface area contributed by atoms with Crippen LogP contribution in [0.15, 0.2) is 0 Å². The second kappa shape index (κ2) is 7.05. The first-order chi connectivity index (χ1) is 7.65. The van der Waals surface area contributed by atoms with E-state index in [1.807, 2.05) is 20.8 Å². The third-order valence-electron chi connectivity index (χ3n) is 3.05. The van der Waals surface area contributed by atoms with Crippen LogP contribution in [0.1, 0.15) is 60.3 Å². The van der Waals surface area contributed by atoms with Crippen LogP contribution in [-0.4, -0.2) is 16.5 Å². The third-order valence-corrected chi connectivity index (χ3v) is 3.52. The molecule has 0 aromatic heterocycles. The quantitative estimate of drug-likeness (QED) is 0.520. The van der Waals surface area contributed by atoms with E-state index in [1.54, 1.807) is 0 Å². The molecule has 2 unspecified atom stereocenters. The van der Waals surface area contributed by atoms with Crippen molar-refractivity contribution >= 4 is 24.4 Å². The number of hydrogen-bond donors (Lipinski definition) is 0. The Kier molecular flexibility index (Phi) is 7.19. The van der Waals surface area contributed by atoms with Crippen LogP contribution < -0.4 is 0 Å². The summed E-state index contributed by atoms with van der Waals surface area (Å²) in [6.07, 6.45) is 4.48. The molecule has 102 valence electrons. The Labute approximate surface area is 111 Å². The highest BCUT2D eigenvalue weighted by molar-refractivity contribution is 7.42. The Hall–Kier alpha value is 0.330. The lowest BCUT2D eigenvalue weighted by Crippen LogP contribution is -2.40. The van der Waals surface area contributed by atoms with E-state index in [2.05, 4.69) is 32.3 Å². The minimum atomic E-state index is -0.583. The highest BCUT2D eigenvalue weighted by Gasteiger charge is 2.35. The SMILES string of the molecule is CCCC(CCC)C(C)(C)OC(=O)C(C)(P)P. The molecular formula is C13H28O2P2. The zero-order valence-corrected chi connectivity index (χ0v) is 14.2. The van der Waals surface area contributed by atoms with Crippen molar-refractivity contribution in [2.75, 3.05) is 0 Å². The predicted octanol–water partition coefficient (Wildman–Crippen LogP) is 3.99. The monoisotopic (exact) mass is 278 g/mol. The zero-order valence-electron chi connectivity index (χ0n) is 11.9. The molecule has 17 heavy (non-hydrogen) atoms. The number of rotatable bonds is 7. The summed E-state index contributed by atoms with van der Waals surface area (Å²) in [6, 6.07) is 0. The van der Waals surface area contributed by atoms with E-state index in [4.69, 9.17) is 4.74 Å². The average Bonchev–Trinajstić information content (AvgIpc) is 2.15. The Morgan fingerprint density at radius 2 is 1.53 bits per heavy atom. The van der Waals surface area contributed by atoms with Crippen LogP contribution in [0.4, 0.5) is 0 Å². The van der Waals surface area contributed by atoms with Crippen LogP contribution in [0.2, 0.25) is 0 Å². The molecule has 0 N–H and O–H groups in total. The van der Waals surface area contributed by atoms with Gasteiger partial charge in [-0.25, -0.2) is 0 Å². The van der Waals surface area contributed by atoms with Crippen LogP contribution in [0.3, 0.4) is 0 Å². The number of ether oxygens (including phenoxy) is 1. The number of esters is 1. The van der Waals surface area contributed by atoms with Gasteiger partial charge in [-0.15, -0.1) is 18.5 Å². The molecular weight excluding hydrogens is 250 g/mol. The van der Waals surface area contributed by atoms with Crippen molar-refractivity contribution in [1.82, 2.24) is 0 Å². The van der Waals surface area contributed by atoms with Gasteiger partial charge in [0, 0.05) is 0 Å². The van der Waals surface area contributed by atoms with Crippen molar-refractivity contribution in [3.8, 4) is 0 Å². The largest absolute Gasteiger partial charge is 0.458 e. The molecule has 0 spiro atoms. The van der Waals surface area contributed by atoms with Crippen molar-refractivity contribution in [1.29, 1.82) is 0 Å². The summed E-state index contributed by atoms with van der Waals surface area (Å²) < 4.78 is 5.69. The van der Waals surface area contributed by atoms with Gasteiger partial charge in [0.1, 0.15) is 5.60 Å². The van der Waals surface area contributed by atoms with Gasteiger partial charge in [-0.05, 0) is 39.5 Å². The molecule has 0 aromatic rings. The van der Waals surface area contributed by atoms with E-state index in [-0.39, 0.29) is 11.6 Å². The van der Waals surface area contributed by atoms with E-state index < -0.39 is 4.90 Å².